The van der Waals surface area contributed by atoms with Gasteiger partial charge in [0, 0.05) is 0 Å². The molecule has 29 heavy (non-hydrogen) atoms. The Morgan fingerprint density at radius 2 is 1.69 bits per heavy atom. The van der Waals surface area contributed by atoms with Gasteiger partial charge < -0.3 is 15.1 Å². The molecule has 3 aromatic rings. The van der Waals surface area contributed by atoms with E-state index >= 15 is 0 Å². The van der Waals surface area contributed by atoms with Crippen molar-refractivity contribution in [2.24, 2.45) is 5.14 Å². The lowest BCUT2D eigenvalue weighted by Gasteiger charge is -2.11. The highest BCUT2D eigenvalue weighted by Gasteiger charge is 2.14. The molecule has 0 aliphatic rings. The highest BCUT2D eigenvalue weighted by Crippen LogP contribution is 2.16. The molecular weight excluding hydrogens is 394 g/mol. The maximum absolute atomic E-state index is 12.5. The Morgan fingerprint density at radius 1 is 0.966 bits per heavy atom. The van der Waals surface area contributed by atoms with Crippen LogP contribution in [0.1, 0.15) is 21.7 Å². The Labute approximate surface area is 167 Å². The van der Waals surface area contributed by atoms with Gasteiger partial charge in [-0.3, -0.25) is 9.59 Å². The summed E-state index contributed by atoms with van der Waals surface area (Å²) in [5, 5.41) is 10.5. The molecule has 0 atom stereocenters. The zero-order chi connectivity index (χ0) is 20.9. The summed E-state index contributed by atoms with van der Waals surface area (Å²) in [5.41, 5.74) is 1.29. The molecule has 0 bridgehead atoms. The van der Waals surface area contributed by atoms with E-state index in [2.05, 4.69) is 10.6 Å². The number of nitrogens with one attached hydrogen (secondary N) is 2. The van der Waals surface area contributed by atoms with Crippen LogP contribution >= 0.6 is 0 Å². The predicted molar refractivity (Wildman–Crippen MR) is 106 cm³/mol. The van der Waals surface area contributed by atoms with E-state index in [0.717, 1.165) is 0 Å². The van der Waals surface area contributed by atoms with Gasteiger partial charge >= 0.3 is 0 Å². The number of carbonyl (C=O) groups excluding carboxylic acids is 2. The smallest absolute Gasteiger partial charge is 0.253 e. The number of hydrogen-bond acceptors (Lipinski definition) is 5. The van der Waals surface area contributed by atoms with Crippen molar-refractivity contribution in [2.45, 2.75) is 17.9 Å². The minimum Gasteiger partial charge on any atom is -0.467 e. The predicted octanol–water partition coefficient (Wildman–Crippen LogP) is 2.04. The van der Waals surface area contributed by atoms with E-state index in [4.69, 9.17) is 9.56 Å². The Balaban J connectivity index is 1.65. The third-order valence-corrected chi connectivity index (χ3v) is 4.99. The molecule has 4 N–H and O–H groups in total. The first kappa shape index (κ1) is 20.3. The first-order chi connectivity index (χ1) is 13.8. The van der Waals surface area contributed by atoms with Crippen LogP contribution in [0.25, 0.3) is 0 Å². The summed E-state index contributed by atoms with van der Waals surface area (Å²) in [6.45, 7) is 0.227. The van der Waals surface area contributed by atoms with E-state index < -0.39 is 10.0 Å². The summed E-state index contributed by atoms with van der Waals surface area (Å²) in [5.74, 6) is -0.0859. The average molecular weight is 413 g/mol. The number of benzene rings is 2. The zero-order valence-corrected chi connectivity index (χ0v) is 16.1. The summed E-state index contributed by atoms with van der Waals surface area (Å²) >= 11 is 0. The Hall–Kier alpha value is -3.43. The Bertz CT molecular complexity index is 1110. The summed E-state index contributed by atoms with van der Waals surface area (Å²) in [4.78, 5) is 24.8. The summed E-state index contributed by atoms with van der Waals surface area (Å²) in [6.07, 6.45) is 1.53. The van der Waals surface area contributed by atoms with Crippen molar-refractivity contribution in [2.75, 3.05) is 5.32 Å². The molecule has 0 fully saturated rings. The Kier molecular flexibility index (Phi) is 6.10. The van der Waals surface area contributed by atoms with Gasteiger partial charge in [-0.05, 0) is 42.0 Å². The summed E-state index contributed by atoms with van der Waals surface area (Å²) < 4.78 is 27.8. The van der Waals surface area contributed by atoms with Crippen molar-refractivity contribution < 1.29 is 22.4 Å². The number of rotatable bonds is 7. The fourth-order valence-electron chi connectivity index (χ4n) is 2.64. The second-order valence-electron chi connectivity index (χ2n) is 6.22. The molecule has 0 aliphatic heterocycles. The van der Waals surface area contributed by atoms with E-state index in [1.165, 1.54) is 30.5 Å². The minimum absolute atomic E-state index is 0.00719. The topological polar surface area (TPSA) is 132 Å². The molecule has 0 saturated carbocycles. The Morgan fingerprint density at radius 3 is 2.34 bits per heavy atom. The van der Waals surface area contributed by atoms with Crippen LogP contribution in [0, 0.1) is 0 Å². The van der Waals surface area contributed by atoms with Gasteiger partial charge in [-0.15, -0.1) is 0 Å². The lowest BCUT2D eigenvalue weighted by atomic mass is 10.1. The molecule has 0 radical (unpaired) electrons. The van der Waals surface area contributed by atoms with Crippen LogP contribution in [0.5, 0.6) is 0 Å². The lowest BCUT2D eigenvalue weighted by molar-refractivity contribution is -0.115. The van der Waals surface area contributed by atoms with Crippen LogP contribution in [0.4, 0.5) is 5.69 Å². The van der Waals surface area contributed by atoms with Gasteiger partial charge in [0.1, 0.15) is 5.76 Å². The molecule has 3 rings (SSSR count). The number of amides is 2. The van der Waals surface area contributed by atoms with Crippen LogP contribution in [-0.4, -0.2) is 20.2 Å². The first-order valence-electron chi connectivity index (χ1n) is 8.64. The molecule has 8 nitrogen and oxygen atoms in total. The second kappa shape index (κ2) is 8.72. The van der Waals surface area contributed by atoms with E-state index in [-0.39, 0.29) is 29.7 Å². The van der Waals surface area contributed by atoms with Gasteiger partial charge in [0.05, 0.1) is 35.4 Å². The van der Waals surface area contributed by atoms with Crippen LogP contribution in [-0.2, 0) is 27.8 Å². The molecule has 1 aromatic heterocycles. The molecule has 0 aliphatic carbocycles. The number of hydrogen-bond donors (Lipinski definition) is 3. The van der Waals surface area contributed by atoms with Crippen LogP contribution in [0.3, 0.4) is 0 Å². The normalized spacial score (nSPS) is 11.1. The number of furan rings is 1. The van der Waals surface area contributed by atoms with Crippen molar-refractivity contribution in [3.8, 4) is 0 Å². The summed E-state index contributed by atoms with van der Waals surface area (Å²) in [7, 11) is -3.79. The van der Waals surface area contributed by atoms with Gasteiger partial charge in [0.15, 0.2) is 0 Å². The maximum Gasteiger partial charge on any atom is 0.253 e. The number of para-hydroxylation sites is 1. The molecule has 150 valence electrons. The fourth-order valence-corrected chi connectivity index (χ4v) is 3.16. The molecule has 0 unspecified atom stereocenters. The second-order valence-corrected chi connectivity index (χ2v) is 7.78. The zero-order valence-electron chi connectivity index (χ0n) is 15.3. The SMILES string of the molecule is NS(=O)(=O)c1ccc(CC(=O)Nc2ccccc2C(=O)NCc2ccco2)cc1. The molecule has 2 amide bonds. The average Bonchev–Trinajstić information content (AvgIpc) is 3.20. The largest absolute Gasteiger partial charge is 0.467 e. The molecule has 9 heteroatoms. The molecular formula is C20H19N3O5S. The third-order valence-electron chi connectivity index (χ3n) is 4.07. The van der Waals surface area contributed by atoms with Crippen LogP contribution < -0.4 is 15.8 Å². The molecule has 1 heterocycles. The fraction of sp³-hybridized carbons (Fsp3) is 0.100. The monoisotopic (exact) mass is 413 g/mol. The highest BCUT2D eigenvalue weighted by molar-refractivity contribution is 7.89. The van der Waals surface area contributed by atoms with Crippen LogP contribution in [0.2, 0.25) is 0 Å². The number of carbonyl (C=O) groups is 2. The van der Waals surface area contributed by atoms with Gasteiger partial charge in [-0.25, -0.2) is 13.6 Å². The van der Waals surface area contributed by atoms with Crippen molar-refractivity contribution in [1.82, 2.24) is 5.32 Å². The van der Waals surface area contributed by atoms with Gasteiger partial charge in [0.2, 0.25) is 15.9 Å². The molecule has 0 spiro atoms. The van der Waals surface area contributed by atoms with E-state index in [0.29, 0.717) is 22.6 Å². The standard InChI is InChI=1S/C20H19N3O5S/c21-29(26,27)16-9-7-14(8-10-16)12-19(24)23-18-6-2-1-5-17(18)20(25)22-13-15-4-3-11-28-15/h1-11H,12-13H2,(H,22,25)(H,23,24)(H2,21,26,27). The molecule has 2 aromatic carbocycles. The van der Waals surface area contributed by atoms with Crippen molar-refractivity contribution in [3.63, 3.8) is 0 Å². The highest BCUT2D eigenvalue weighted by atomic mass is 32.2. The summed E-state index contributed by atoms with van der Waals surface area (Å²) in [6, 6.07) is 15.8. The molecule has 0 saturated heterocycles. The third kappa shape index (κ3) is 5.53. The van der Waals surface area contributed by atoms with Gasteiger partial charge in [-0.2, -0.15) is 0 Å². The number of primary sulfonamides is 1. The lowest BCUT2D eigenvalue weighted by Crippen LogP contribution is -2.25. The number of anilines is 1. The van der Waals surface area contributed by atoms with Crippen molar-refractivity contribution >= 4 is 27.5 Å². The maximum atomic E-state index is 12.5. The van der Waals surface area contributed by atoms with Crippen molar-refractivity contribution in [3.05, 3.63) is 83.8 Å². The minimum atomic E-state index is -3.79. The number of nitrogens with two attached hydrogens (primary N) is 1. The quantitative estimate of drug-likeness (QED) is 0.545. The van der Waals surface area contributed by atoms with E-state index in [1.54, 1.807) is 36.4 Å². The number of sulfonamides is 1. The van der Waals surface area contributed by atoms with Gasteiger partial charge in [-0.1, -0.05) is 24.3 Å². The van der Waals surface area contributed by atoms with Crippen LogP contribution in [0.15, 0.2) is 76.2 Å². The first-order valence-corrected chi connectivity index (χ1v) is 10.2. The van der Waals surface area contributed by atoms with Gasteiger partial charge in [0.25, 0.3) is 5.91 Å². The van der Waals surface area contributed by atoms with E-state index in [9.17, 15) is 18.0 Å². The van der Waals surface area contributed by atoms with Crippen molar-refractivity contribution in [1.29, 1.82) is 0 Å². The van der Waals surface area contributed by atoms with E-state index in [1.807, 2.05) is 0 Å².